The zero-order valence-corrected chi connectivity index (χ0v) is 14.1. The van der Waals surface area contributed by atoms with Gasteiger partial charge in [0.1, 0.15) is 11.9 Å². The highest BCUT2D eigenvalue weighted by atomic mass is 79.9. The van der Waals surface area contributed by atoms with Crippen molar-refractivity contribution in [2.24, 2.45) is 5.92 Å². The molecule has 22 heavy (non-hydrogen) atoms. The molecule has 2 unspecified atom stereocenters. The Labute approximate surface area is 136 Å². The lowest BCUT2D eigenvalue weighted by atomic mass is 10.0. The van der Waals surface area contributed by atoms with Gasteiger partial charge in [0, 0.05) is 12.6 Å². The van der Waals surface area contributed by atoms with E-state index in [1.807, 2.05) is 12.1 Å². The Morgan fingerprint density at radius 3 is 2.64 bits per heavy atom. The molecule has 2 aliphatic heterocycles. The maximum Gasteiger partial charge on any atom is 0.307 e. The van der Waals surface area contributed by atoms with E-state index in [1.54, 1.807) is 6.07 Å². The maximum atomic E-state index is 11.1. The summed E-state index contributed by atoms with van der Waals surface area (Å²) in [5.41, 5.74) is 0.990. The van der Waals surface area contributed by atoms with E-state index in [0.717, 1.165) is 10.0 Å². The third-order valence-electron chi connectivity index (χ3n) is 4.01. The number of ether oxygens (including phenoxy) is 1. The maximum absolute atomic E-state index is 11.1. The molecule has 2 saturated heterocycles. The number of halogens is 1. The number of carboxylic acids is 1. The van der Waals surface area contributed by atoms with Crippen molar-refractivity contribution in [2.75, 3.05) is 18.1 Å². The third-order valence-corrected chi connectivity index (χ3v) is 6.39. The van der Waals surface area contributed by atoms with E-state index in [1.165, 1.54) is 0 Å². The van der Waals surface area contributed by atoms with Crippen LogP contribution in [0.4, 0.5) is 0 Å². The Balaban J connectivity index is 1.66. The number of sulfone groups is 1. The molecule has 0 spiro atoms. The Kier molecular flexibility index (Phi) is 4.17. The van der Waals surface area contributed by atoms with E-state index in [-0.39, 0.29) is 29.6 Å². The van der Waals surface area contributed by atoms with Crippen LogP contribution in [0.5, 0.6) is 5.75 Å². The summed E-state index contributed by atoms with van der Waals surface area (Å²) in [7, 11) is -2.91. The van der Waals surface area contributed by atoms with Crippen LogP contribution < -0.4 is 10.1 Å². The molecule has 0 amide bonds. The molecular formula is C14H16BrNO5S. The van der Waals surface area contributed by atoms with Gasteiger partial charge < -0.3 is 15.2 Å². The molecule has 0 saturated carbocycles. The molecule has 2 fully saturated rings. The molecule has 6 nitrogen and oxygen atoms in total. The number of carbonyl (C=O) groups is 1. The smallest absolute Gasteiger partial charge is 0.307 e. The van der Waals surface area contributed by atoms with Gasteiger partial charge in [0.25, 0.3) is 0 Å². The summed E-state index contributed by atoms with van der Waals surface area (Å²) < 4.78 is 28.7. The number of benzene rings is 1. The molecule has 2 aliphatic rings. The molecular weight excluding hydrogens is 374 g/mol. The van der Waals surface area contributed by atoms with Crippen LogP contribution in [0.15, 0.2) is 22.7 Å². The third kappa shape index (κ3) is 3.28. The first-order valence-electron chi connectivity index (χ1n) is 6.97. The largest absolute Gasteiger partial charge is 0.487 e. The highest BCUT2D eigenvalue weighted by Crippen LogP contribution is 2.34. The van der Waals surface area contributed by atoms with Crippen molar-refractivity contribution < 1.29 is 23.1 Å². The highest BCUT2D eigenvalue weighted by Gasteiger charge is 2.35. The van der Waals surface area contributed by atoms with Gasteiger partial charge in [-0.2, -0.15) is 0 Å². The van der Waals surface area contributed by atoms with Gasteiger partial charge in [0.05, 0.1) is 21.9 Å². The van der Waals surface area contributed by atoms with Gasteiger partial charge in [-0.3, -0.25) is 4.79 Å². The molecule has 8 heteroatoms. The molecule has 0 aromatic heterocycles. The second kappa shape index (κ2) is 5.82. The van der Waals surface area contributed by atoms with Crippen LogP contribution in [0.1, 0.15) is 18.0 Å². The van der Waals surface area contributed by atoms with Crippen LogP contribution in [0.2, 0.25) is 0 Å². The van der Waals surface area contributed by atoms with E-state index < -0.39 is 15.8 Å². The summed E-state index contributed by atoms with van der Waals surface area (Å²) in [5.74, 6) is -0.409. The Hall–Kier alpha value is -1.12. The van der Waals surface area contributed by atoms with Crippen molar-refractivity contribution in [3.05, 3.63) is 28.2 Å². The second-order valence-electron chi connectivity index (χ2n) is 5.74. The molecule has 2 atom stereocenters. The Morgan fingerprint density at radius 2 is 2.09 bits per heavy atom. The van der Waals surface area contributed by atoms with Crippen LogP contribution in [-0.4, -0.2) is 43.6 Å². The fourth-order valence-electron chi connectivity index (χ4n) is 2.77. The Bertz CT molecular complexity index is 693. The average molecular weight is 390 g/mol. The predicted octanol–water partition coefficient (Wildman–Crippen LogP) is 1.36. The fraction of sp³-hybridized carbons (Fsp3) is 0.500. The number of nitrogens with one attached hydrogen (secondary N) is 1. The highest BCUT2D eigenvalue weighted by molar-refractivity contribution is 9.10. The van der Waals surface area contributed by atoms with Crippen LogP contribution in [0.25, 0.3) is 0 Å². The lowest BCUT2D eigenvalue weighted by molar-refractivity contribution is -0.141. The number of hydrogen-bond donors (Lipinski definition) is 2. The van der Waals surface area contributed by atoms with E-state index >= 15 is 0 Å². The van der Waals surface area contributed by atoms with Gasteiger partial charge in [-0.05, 0) is 40.0 Å². The van der Waals surface area contributed by atoms with Crippen molar-refractivity contribution in [1.82, 2.24) is 5.32 Å². The predicted molar refractivity (Wildman–Crippen MR) is 83.7 cm³/mol. The molecule has 0 aliphatic carbocycles. The van der Waals surface area contributed by atoms with E-state index in [9.17, 15) is 13.2 Å². The second-order valence-corrected chi connectivity index (χ2v) is 8.75. The number of aliphatic carboxylic acids is 1. The first-order chi connectivity index (χ1) is 10.3. The number of rotatable bonds is 4. The minimum atomic E-state index is -2.91. The molecule has 3 rings (SSSR count). The monoisotopic (exact) mass is 389 g/mol. The minimum Gasteiger partial charge on any atom is -0.487 e. The average Bonchev–Trinajstić information content (AvgIpc) is 2.88. The van der Waals surface area contributed by atoms with Crippen molar-refractivity contribution in [2.45, 2.75) is 18.6 Å². The topological polar surface area (TPSA) is 92.7 Å². The summed E-state index contributed by atoms with van der Waals surface area (Å²) in [6, 6.07) is 5.58. The standard InChI is InChI=1S/C14H16BrNO5S/c15-11-3-8(12-4-9(5-16-12)14(17)18)1-2-13(11)21-10-6-22(19,20)7-10/h1-3,9-10,12,16H,4-7H2,(H,17,18). The number of hydrogen-bond acceptors (Lipinski definition) is 5. The molecule has 2 N–H and O–H groups in total. The lowest BCUT2D eigenvalue weighted by Gasteiger charge is -2.27. The molecule has 1 aromatic rings. The fourth-order valence-corrected chi connectivity index (χ4v) is 4.43. The van der Waals surface area contributed by atoms with E-state index in [0.29, 0.717) is 18.7 Å². The van der Waals surface area contributed by atoms with Gasteiger partial charge in [-0.25, -0.2) is 8.42 Å². The van der Waals surface area contributed by atoms with Crippen molar-refractivity contribution in [3.63, 3.8) is 0 Å². The lowest BCUT2D eigenvalue weighted by Crippen LogP contribution is -2.45. The van der Waals surface area contributed by atoms with Crippen molar-refractivity contribution >= 4 is 31.7 Å². The minimum absolute atomic E-state index is 0.00975. The van der Waals surface area contributed by atoms with Crippen LogP contribution in [0.3, 0.4) is 0 Å². The first kappa shape index (κ1) is 15.8. The van der Waals surface area contributed by atoms with Crippen LogP contribution in [0, 0.1) is 5.92 Å². The quantitative estimate of drug-likeness (QED) is 0.807. The molecule has 120 valence electrons. The summed E-state index contributed by atoms with van der Waals surface area (Å²) in [6.45, 7) is 0.468. The number of carboxylic acid groups (broad SMARTS) is 1. The SMILES string of the molecule is O=C(O)C1CNC(c2ccc(OC3CS(=O)(=O)C3)c(Br)c2)C1. The molecule has 2 heterocycles. The van der Waals surface area contributed by atoms with E-state index in [2.05, 4.69) is 21.2 Å². The summed E-state index contributed by atoms with van der Waals surface area (Å²) in [5, 5.41) is 12.2. The molecule has 1 aromatic carbocycles. The molecule has 0 bridgehead atoms. The van der Waals surface area contributed by atoms with Crippen molar-refractivity contribution in [3.8, 4) is 5.75 Å². The summed E-state index contributed by atoms with van der Waals surface area (Å²) in [6.07, 6.45) is 0.274. The van der Waals surface area contributed by atoms with Gasteiger partial charge >= 0.3 is 5.97 Å². The zero-order valence-electron chi connectivity index (χ0n) is 11.7. The van der Waals surface area contributed by atoms with E-state index in [4.69, 9.17) is 9.84 Å². The normalized spacial score (nSPS) is 27.3. The van der Waals surface area contributed by atoms with Gasteiger partial charge in [-0.1, -0.05) is 6.07 Å². The van der Waals surface area contributed by atoms with Crippen LogP contribution >= 0.6 is 15.9 Å². The first-order valence-corrected chi connectivity index (χ1v) is 9.58. The van der Waals surface area contributed by atoms with Gasteiger partial charge in [0.15, 0.2) is 9.84 Å². The van der Waals surface area contributed by atoms with Crippen molar-refractivity contribution in [1.29, 1.82) is 0 Å². The van der Waals surface area contributed by atoms with Gasteiger partial charge in [-0.15, -0.1) is 0 Å². The summed E-state index contributed by atoms with van der Waals surface area (Å²) in [4.78, 5) is 11.0. The van der Waals surface area contributed by atoms with Crippen LogP contribution in [-0.2, 0) is 14.6 Å². The molecule has 0 radical (unpaired) electrons. The zero-order chi connectivity index (χ0) is 15.9. The summed E-state index contributed by atoms with van der Waals surface area (Å²) >= 11 is 3.43. The van der Waals surface area contributed by atoms with Gasteiger partial charge in [0.2, 0.25) is 0 Å². The Morgan fingerprint density at radius 1 is 1.36 bits per heavy atom.